The number of Topliss-reactive ketones (excluding diaryl/α,β-unsaturated/α-hetero) is 1. The van der Waals surface area contributed by atoms with Gasteiger partial charge in [-0.25, -0.2) is 13.1 Å². The smallest absolute Gasteiger partial charge is 0.209 e. The van der Waals surface area contributed by atoms with Crippen LogP contribution in [0.3, 0.4) is 0 Å². The molecule has 1 aliphatic heterocycles. The Balaban J connectivity index is 0.00000289. The van der Waals surface area contributed by atoms with Crippen molar-refractivity contribution in [3.63, 3.8) is 0 Å². The molecule has 1 N–H and O–H groups in total. The van der Waals surface area contributed by atoms with Crippen LogP contribution in [-0.4, -0.2) is 51.0 Å². The molecule has 1 rings (SSSR count). The average molecular weight is 299 g/mol. The molecule has 7 heteroatoms. The molecule has 18 heavy (non-hydrogen) atoms. The molecule has 0 radical (unpaired) electrons. The first kappa shape index (κ1) is 17.8. The molecular formula is C11H23ClN2O3S. The zero-order valence-electron chi connectivity index (χ0n) is 11.2. The van der Waals surface area contributed by atoms with Gasteiger partial charge in [0, 0.05) is 5.92 Å². The quantitative estimate of drug-likeness (QED) is 0.809. The molecule has 108 valence electrons. The molecule has 0 saturated carbocycles. The van der Waals surface area contributed by atoms with Crippen molar-refractivity contribution < 1.29 is 13.2 Å². The van der Waals surface area contributed by atoms with E-state index in [0.717, 1.165) is 38.7 Å². The molecule has 0 bridgehead atoms. The third-order valence-corrected chi connectivity index (χ3v) is 4.04. The summed E-state index contributed by atoms with van der Waals surface area (Å²) in [5.41, 5.74) is 0. The van der Waals surface area contributed by atoms with E-state index in [1.165, 1.54) is 0 Å². The molecule has 5 nitrogen and oxygen atoms in total. The second-order valence-electron chi connectivity index (χ2n) is 4.72. The topological polar surface area (TPSA) is 66.5 Å². The number of rotatable bonds is 5. The molecule has 0 aromatic carbocycles. The van der Waals surface area contributed by atoms with Gasteiger partial charge in [0.15, 0.2) is 5.78 Å². The van der Waals surface area contributed by atoms with E-state index in [9.17, 15) is 13.2 Å². The Morgan fingerprint density at radius 2 is 1.89 bits per heavy atom. The minimum atomic E-state index is -3.30. The van der Waals surface area contributed by atoms with Crippen molar-refractivity contribution in [3.8, 4) is 0 Å². The molecule has 1 heterocycles. The van der Waals surface area contributed by atoms with Crippen LogP contribution in [0.25, 0.3) is 0 Å². The van der Waals surface area contributed by atoms with E-state index in [1.807, 2.05) is 0 Å². The highest BCUT2D eigenvalue weighted by molar-refractivity contribution is 7.88. The number of carbonyl (C=O) groups is 1. The van der Waals surface area contributed by atoms with Crippen LogP contribution in [0.4, 0.5) is 0 Å². The Hall–Kier alpha value is -0.170. The van der Waals surface area contributed by atoms with Gasteiger partial charge in [0.1, 0.15) is 0 Å². The number of nitrogens with zero attached hydrogens (tertiary/aromatic N) is 1. The lowest BCUT2D eigenvalue weighted by Crippen LogP contribution is -2.44. The maximum atomic E-state index is 12.0. The van der Waals surface area contributed by atoms with Crippen molar-refractivity contribution in [3.05, 3.63) is 0 Å². The number of nitrogens with one attached hydrogen (secondary N) is 1. The highest BCUT2D eigenvalue weighted by atomic mass is 35.5. The summed E-state index contributed by atoms with van der Waals surface area (Å²) in [5, 5.41) is 0. The minimum absolute atomic E-state index is 0. The molecule has 1 saturated heterocycles. The maximum absolute atomic E-state index is 12.0. The van der Waals surface area contributed by atoms with Crippen LogP contribution in [0.15, 0.2) is 0 Å². The predicted octanol–water partition coefficient (Wildman–Crippen LogP) is 0.647. The first-order chi connectivity index (χ1) is 7.83. The first-order valence-corrected chi connectivity index (χ1v) is 7.96. The number of hydrogen-bond donors (Lipinski definition) is 1. The number of piperidine rings is 1. The van der Waals surface area contributed by atoms with Gasteiger partial charge >= 0.3 is 0 Å². The highest BCUT2D eigenvalue weighted by Gasteiger charge is 2.28. The summed E-state index contributed by atoms with van der Waals surface area (Å²) in [4.78, 5) is 14.3. The summed E-state index contributed by atoms with van der Waals surface area (Å²) in [6.07, 6.45) is 2.75. The predicted molar refractivity (Wildman–Crippen MR) is 74.5 cm³/mol. The fourth-order valence-electron chi connectivity index (χ4n) is 2.27. The summed E-state index contributed by atoms with van der Waals surface area (Å²) in [6, 6.07) is -0.608. The van der Waals surface area contributed by atoms with Crippen molar-refractivity contribution in [1.82, 2.24) is 9.62 Å². The average Bonchev–Trinajstić information content (AvgIpc) is 2.26. The molecular weight excluding hydrogens is 276 g/mol. The standard InChI is InChI=1S/C11H22N2O3S.ClH/c1-4-13-7-5-10(6-8-13)11(14)9(2)12-17(3,15)16;/h9-10,12H,4-8H2,1-3H3;1H. The number of likely N-dealkylation sites (tertiary alicyclic amines) is 1. The van der Waals surface area contributed by atoms with Crippen LogP contribution < -0.4 is 4.72 Å². The van der Waals surface area contributed by atoms with Crippen molar-refractivity contribution in [1.29, 1.82) is 0 Å². The third kappa shape index (κ3) is 5.65. The highest BCUT2D eigenvalue weighted by Crippen LogP contribution is 2.19. The van der Waals surface area contributed by atoms with Crippen molar-refractivity contribution in [2.75, 3.05) is 25.9 Å². The van der Waals surface area contributed by atoms with Crippen LogP contribution in [0.2, 0.25) is 0 Å². The van der Waals surface area contributed by atoms with E-state index >= 15 is 0 Å². The molecule has 0 aromatic heterocycles. The third-order valence-electron chi connectivity index (χ3n) is 3.25. The second kappa shape index (κ2) is 7.43. The fraction of sp³-hybridized carbons (Fsp3) is 0.909. The molecule has 1 unspecified atom stereocenters. The molecule has 1 atom stereocenters. The van der Waals surface area contributed by atoms with Crippen LogP contribution in [-0.2, 0) is 14.8 Å². The molecule has 0 amide bonds. The summed E-state index contributed by atoms with van der Waals surface area (Å²) in [7, 11) is -3.30. The summed E-state index contributed by atoms with van der Waals surface area (Å²) in [6.45, 7) is 6.60. The molecule has 0 aromatic rings. The first-order valence-electron chi connectivity index (χ1n) is 6.07. The van der Waals surface area contributed by atoms with Gasteiger partial charge in [0.05, 0.1) is 12.3 Å². The summed E-state index contributed by atoms with van der Waals surface area (Å²) in [5.74, 6) is 0.0215. The van der Waals surface area contributed by atoms with Crippen LogP contribution >= 0.6 is 12.4 Å². The van der Waals surface area contributed by atoms with Crippen LogP contribution in [0.1, 0.15) is 26.7 Å². The van der Waals surface area contributed by atoms with Crippen molar-refractivity contribution >= 4 is 28.2 Å². The van der Waals surface area contributed by atoms with Gasteiger partial charge < -0.3 is 4.90 Å². The Bertz CT molecular complexity index is 364. The number of carbonyl (C=O) groups excluding carboxylic acids is 1. The van der Waals surface area contributed by atoms with Gasteiger partial charge in [0.25, 0.3) is 0 Å². The lowest BCUT2D eigenvalue weighted by Gasteiger charge is -2.31. The van der Waals surface area contributed by atoms with Crippen LogP contribution in [0.5, 0.6) is 0 Å². The van der Waals surface area contributed by atoms with E-state index < -0.39 is 16.1 Å². The van der Waals surface area contributed by atoms with Gasteiger partial charge in [-0.1, -0.05) is 6.92 Å². The number of sulfonamides is 1. The van der Waals surface area contributed by atoms with E-state index in [0.29, 0.717) is 0 Å². The van der Waals surface area contributed by atoms with Gasteiger partial charge in [-0.3, -0.25) is 4.79 Å². The molecule has 1 fully saturated rings. The monoisotopic (exact) mass is 298 g/mol. The van der Waals surface area contributed by atoms with Gasteiger partial charge in [0.2, 0.25) is 10.0 Å². The Labute approximate surface area is 116 Å². The lowest BCUT2D eigenvalue weighted by atomic mass is 9.89. The molecule has 0 aliphatic carbocycles. The lowest BCUT2D eigenvalue weighted by molar-refractivity contribution is -0.125. The summed E-state index contributed by atoms with van der Waals surface area (Å²) < 4.78 is 24.5. The minimum Gasteiger partial charge on any atom is -0.304 e. The largest absolute Gasteiger partial charge is 0.304 e. The van der Waals surface area contributed by atoms with Crippen molar-refractivity contribution in [2.24, 2.45) is 5.92 Å². The normalized spacial score (nSPS) is 20.2. The van der Waals surface area contributed by atoms with E-state index in [2.05, 4.69) is 16.5 Å². The van der Waals surface area contributed by atoms with Gasteiger partial charge in [-0.05, 0) is 39.4 Å². The maximum Gasteiger partial charge on any atom is 0.209 e. The van der Waals surface area contributed by atoms with E-state index in [1.54, 1.807) is 6.92 Å². The van der Waals surface area contributed by atoms with E-state index in [-0.39, 0.29) is 24.1 Å². The number of halogens is 1. The Morgan fingerprint density at radius 1 is 1.39 bits per heavy atom. The van der Waals surface area contributed by atoms with Gasteiger partial charge in [-0.15, -0.1) is 12.4 Å². The zero-order valence-corrected chi connectivity index (χ0v) is 12.8. The zero-order chi connectivity index (χ0) is 13.1. The Morgan fingerprint density at radius 3 is 2.28 bits per heavy atom. The SMILES string of the molecule is CCN1CCC(C(=O)C(C)NS(C)(=O)=O)CC1.Cl. The van der Waals surface area contributed by atoms with Crippen LogP contribution in [0, 0.1) is 5.92 Å². The van der Waals surface area contributed by atoms with E-state index in [4.69, 9.17) is 0 Å². The van der Waals surface area contributed by atoms with Gasteiger partial charge in [-0.2, -0.15) is 0 Å². The molecule has 0 spiro atoms. The Kier molecular flexibility index (Phi) is 7.36. The van der Waals surface area contributed by atoms with Crippen molar-refractivity contribution in [2.45, 2.75) is 32.7 Å². The number of hydrogen-bond acceptors (Lipinski definition) is 4. The number of ketones is 1. The summed E-state index contributed by atoms with van der Waals surface area (Å²) >= 11 is 0. The second-order valence-corrected chi connectivity index (χ2v) is 6.50. The fourth-order valence-corrected chi connectivity index (χ4v) is 3.02. The molecule has 1 aliphatic rings.